The SMILES string of the molecule is CC(C)(C)OC(=O)N1CCC(n2cc(C=O)c(C(=O)O)n2)C1. The van der Waals surface area contributed by atoms with E-state index in [0.29, 0.717) is 25.8 Å². The second-order valence-corrected chi connectivity index (χ2v) is 6.20. The van der Waals surface area contributed by atoms with Gasteiger partial charge in [-0.15, -0.1) is 0 Å². The fourth-order valence-corrected chi connectivity index (χ4v) is 2.30. The van der Waals surface area contributed by atoms with Crippen molar-refractivity contribution >= 4 is 18.3 Å². The van der Waals surface area contributed by atoms with Crippen LogP contribution in [0.25, 0.3) is 0 Å². The Balaban J connectivity index is 2.09. The number of carboxylic acid groups (broad SMARTS) is 1. The van der Waals surface area contributed by atoms with E-state index in [1.54, 1.807) is 25.7 Å². The first-order chi connectivity index (χ1) is 10.2. The van der Waals surface area contributed by atoms with Crippen molar-refractivity contribution < 1.29 is 24.2 Å². The number of aldehydes is 1. The molecule has 1 aliphatic rings. The van der Waals surface area contributed by atoms with Gasteiger partial charge < -0.3 is 14.7 Å². The maximum absolute atomic E-state index is 12.0. The highest BCUT2D eigenvalue weighted by Gasteiger charge is 2.32. The summed E-state index contributed by atoms with van der Waals surface area (Å²) in [6.45, 7) is 6.25. The smallest absolute Gasteiger partial charge is 0.410 e. The number of carbonyl (C=O) groups is 3. The molecule has 0 radical (unpaired) electrons. The highest BCUT2D eigenvalue weighted by molar-refractivity contribution is 5.95. The minimum atomic E-state index is -1.25. The van der Waals surface area contributed by atoms with Gasteiger partial charge in [0, 0.05) is 19.3 Å². The van der Waals surface area contributed by atoms with Gasteiger partial charge in [0.2, 0.25) is 0 Å². The van der Waals surface area contributed by atoms with Crippen molar-refractivity contribution in [2.75, 3.05) is 13.1 Å². The van der Waals surface area contributed by atoms with Crippen LogP contribution in [0.3, 0.4) is 0 Å². The highest BCUT2D eigenvalue weighted by atomic mass is 16.6. The Morgan fingerprint density at radius 3 is 2.64 bits per heavy atom. The number of carbonyl (C=O) groups excluding carboxylic acids is 2. The summed E-state index contributed by atoms with van der Waals surface area (Å²) in [7, 11) is 0. The molecule has 1 N–H and O–H groups in total. The average Bonchev–Trinajstić information content (AvgIpc) is 3.03. The van der Waals surface area contributed by atoms with E-state index in [0.717, 1.165) is 0 Å². The molecule has 8 nitrogen and oxygen atoms in total. The summed E-state index contributed by atoms with van der Waals surface area (Å²) in [5.74, 6) is -1.25. The third kappa shape index (κ3) is 3.44. The van der Waals surface area contributed by atoms with Crippen molar-refractivity contribution in [1.29, 1.82) is 0 Å². The van der Waals surface area contributed by atoms with Crippen LogP contribution in [0.1, 0.15) is 54.1 Å². The van der Waals surface area contributed by atoms with Gasteiger partial charge in [0.05, 0.1) is 11.6 Å². The van der Waals surface area contributed by atoms with Gasteiger partial charge >= 0.3 is 12.1 Å². The predicted molar refractivity (Wildman–Crippen MR) is 76.0 cm³/mol. The number of aromatic carboxylic acids is 1. The van der Waals surface area contributed by atoms with E-state index in [-0.39, 0.29) is 17.3 Å². The lowest BCUT2D eigenvalue weighted by Crippen LogP contribution is -2.35. The van der Waals surface area contributed by atoms with Gasteiger partial charge in [0.1, 0.15) is 5.60 Å². The van der Waals surface area contributed by atoms with E-state index in [9.17, 15) is 14.4 Å². The van der Waals surface area contributed by atoms with Crippen LogP contribution < -0.4 is 0 Å². The number of nitrogens with zero attached hydrogens (tertiary/aromatic N) is 3. The molecule has 8 heteroatoms. The van der Waals surface area contributed by atoms with Crippen molar-refractivity contribution in [1.82, 2.24) is 14.7 Å². The lowest BCUT2D eigenvalue weighted by molar-refractivity contribution is 0.0287. The maximum atomic E-state index is 12.0. The summed E-state index contributed by atoms with van der Waals surface area (Å²) >= 11 is 0. The van der Waals surface area contributed by atoms with Gasteiger partial charge in [-0.3, -0.25) is 9.48 Å². The molecule has 2 heterocycles. The number of likely N-dealkylation sites (tertiary alicyclic amines) is 1. The summed E-state index contributed by atoms with van der Waals surface area (Å²) in [5, 5.41) is 12.9. The summed E-state index contributed by atoms with van der Waals surface area (Å²) in [6.07, 6.45) is 2.09. The number of ether oxygens (including phenoxy) is 1. The standard InChI is InChI=1S/C14H19N3O5/c1-14(2,3)22-13(21)16-5-4-10(7-16)17-6-9(8-18)11(15-17)12(19)20/h6,8,10H,4-5,7H2,1-3H3,(H,19,20). The molecule has 120 valence electrons. The molecule has 1 aliphatic heterocycles. The van der Waals surface area contributed by atoms with Crippen molar-refractivity contribution in [3.8, 4) is 0 Å². The molecule has 1 atom stereocenters. The van der Waals surface area contributed by atoms with Crippen LogP contribution in [0.4, 0.5) is 4.79 Å². The first-order valence-electron chi connectivity index (χ1n) is 6.97. The molecule has 1 amide bonds. The molecular formula is C14H19N3O5. The van der Waals surface area contributed by atoms with Crippen molar-refractivity contribution in [2.24, 2.45) is 0 Å². The van der Waals surface area contributed by atoms with Gasteiger partial charge in [-0.25, -0.2) is 9.59 Å². The number of aromatic nitrogens is 2. The van der Waals surface area contributed by atoms with Crippen molar-refractivity contribution in [3.05, 3.63) is 17.5 Å². The second kappa shape index (κ2) is 5.78. The average molecular weight is 309 g/mol. The minimum absolute atomic E-state index is 0.0308. The fourth-order valence-electron chi connectivity index (χ4n) is 2.30. The molecule has 0 spiro atoms. The molecule has 22 heavy (non-hydrogen) atoms. The van der Waals surface area contributed by atoms with Crippen LogP contribution in [0.5, 0.6) is 0 Å². The van der Waals surface area contributed by atoms with Crippen LogP contribution in [0.15, 0.2) is 6.20 Å². The Hall–Kier alpha value is -2.38. The van der Waals surface area contributed by atoms with Crippen LogP contribution in [0.2, 0.25) is 0 Å². The zero-order valence-electron chi connectivity index (χ0n) is 12.8. The van der Waals surface area contributed by atoms with Crippen LogP contribution in [-0.4, -0.2) is 56.8 Å². The summed E-state index contributed by atoms with van der Waals surface area (Å²) < 4.78 is 6.74. The monoisotopic (exact) mass is 309 g/mol. The highest BCUT2D eigenvalue weighted by Crippen LogP contribution is 2.24. The zero-order valence-corrected chi connectivity index (χ0v) is 12.8. The third-order valence-electron chi connectivity index (χ3n) is 3.28. The first kappa shape index (κ1) is 16.0. The Bertz CT molecular complexity index is 602. The molecule has 0 aromatic carbocycles. The molecular weight excluding hydrogens is 290 g/mol. The van der Waals surface area contributed by atoms with E-state index in [1.165, 1.54) is 10.9 Å². The van der Waals surface area contributed by atoms with Crippen LogP contribution in [0, 0.1) is 0 Å². The van der Waals surface area contributed by atoms with Gasteiger partial charge in [-0.1, -0.05) is 0 Å². The lowest BCUT2D eigenvalue weighted by atomic mass is 10.2. The van der Waals surface area contributed by atoms with E-state index in [1.807, 2.05) is 0 Å². The lowest BCUT2D eigenvalue weighted by Gasteiger charge is -2.24. The summed E-state index contributed by atoms with van der Waals surface area (Å²) in [5.41, 5.74) is -0.809. The molecule has 0 bridgehead atoms. The van der Waals surface area contributed by atoms with Gasteiger partial charge in [-0.05, 0) is 27.2 Å². The Morgan fingerprint density at radius 2 is 2.14 bits per heavy atom. The largest absolute Gasteiger partial charge is 0.476 e. The molecule has 1 saturated heterocycles. The van der Waals surface area contributed by atoms with Gasteiger partial charge in [0.15, 0.2) is 12.0 Å². The Labute approximate surface area is 127 Å². The van der Waals surface area contributed by atoms with Crippen molar-refractivity contribution in [2.45, 2.75) is 38.8 Å². The Kier molecular flexibility index (Phi) is 4.20. The predicted octanol–water partition coefficient (Wildman–Crippen LogP) is 1.58. The molecule has 0 saturated carbocycles. The molecule has 1 unspecified atom stereocenters. The maximum Gasteiger partial charge on any atom is 0.410 e. The van der Waals surface area contributed by atoms with Crippen LogP contribution in [-0.2, 0) is 4.74 Å². The van der Waals surface area contributed by atoms with E-state index in [4.69, 9.17) is 9.84 Å². The van der Waals surface area contributed by atoms with Gasteiger partial charge in [0.25, 0.3) is 0 Å². The summed E-state index contributed by atoms with van der Waals surface area (Å²) in [6, 6.07) is -0.167. The molecule has 1 fully saturated rings. The number of carboxylic acids is 1. The zero-order chi connectivity index (χ0) is 16.5. The van der Waals surface area contributed by atoms with E-state index < -0.39 is 17.7 Å². The van der Waals surface area contributed by atoms with E-state index in [2.05, 4.69) is 5.10 Å². The number of hydrogen-bond donors (Lipinski definition) is 1. The molecule has 2 rings (SSSR count). The molecule has 0 aliphatic carbocycles. The topological polar surface area (TPSA) is 102 Å². The number of rotatable bonds is 3. The first-order valence-corrected chi connectivity index (χ1v) is 6.97. The van der Waals surface area contributed by atoms with Gasteiger partial charge in [-0.2, -0.15) is 5.10 Å². The third-order valence-corrected chi connectivity index (χ3v) is 3.28. The fraction of sp³-hybridized carbons (Fsp3) is 0.571. The second-order valence-electron chi connectivity index (χ2n) is 6.20. The Morgan fingerprint density at radius 1 is 1.45 bits per heavy atom. The quantitative estimate of drug-likeness (QED) is 0.850. The normalized spacial score (nSPS) is 18.3. The van der Waals surface area contributed by atoms with E-state index >= 15 is 0 Å². The number of hydrogen-bond acceptors (Lipinski definition) is 5. The summed E-state index contributed by atoms with van der Waals surface area (Å²) in [4.78, 5) is 35.5. The minimum Gasteiger partial charge on any atom is -0.476 e. The number of amides is 1. The van der Waals surface area contributed by atoms with Crippen LogP contribution >= 0.6 is 0 Å². The van der Waals surface area contributed by atoms with Crippen molar-refractivity contribution in [3.63, 3.8) is 0 Å². The molecule has 1 aromatic rings. The molecule has 1 aromatic heterocycles.